The molecule has 1 aliphatic rings. The second-order valence-electron chi connectivity index (χ2n) is 10.9. The van der Waals surface area contributed by atoms with Crippen LogP contribution in [0.2, 0.25) is 0 Å². The molecule has 0 unspecified atom stereocenters. The summed E-state index contributed by atoms with van der Waals surface area (Å²) in [6.45, 7) is 3.41. The van der Waals surface area contributed by atoms with E-state index in [1.54, 1.807) is 4.90 Å². The number of benzene rings is 3. The molecular weight excluding hydrogens is 602 g/mol. The Morgan fingerprint density at radius 3 is 2.10 bits per heavy atom. The standard InChI is InChI=1S/C32H38BrN3O4S/c1-23-10-9-11-24(2)31(23)36(41(3,39)40)22-30(37)35(21-26-16-18-27(33)19-17-26)29(20-25-12-5-4-6-13-25)32(38)34-28-14-7-8-15-28/h4-6,9-13,16-19,28-29H,7-8,14-15,20-22H2,1-3H3,(H,34,38)/t29-/m1/s1. The first-order valence-electron chi connectivity index (χ1n) is 13.9. The summed E-state index contributed by atoms with van der Waals surface area (Å²) < 4.78 is 28.2. The molecule has 3 aromatic carbocycles. The van der Waals surface area contributed by atoms with Gasteiger partial charge in [0, 0.05) is 23.5 Å². The Bertz CT molecular complexity index is 1440. The number of hydrogen-bond acceptors (Lipinski definition) is 4. The normalized spacial score (nSPS) is 14.4. The van der Waals surface area contributed by atoms with Gasteiger partial charge in [-0.2, -0.15) is 0 Å². The molecular formula is C32H38BrN3O4S. The van der Waals surface area contributed by atoms with Crippen molar-refractivity contribution in [3.8, 4) is 0 Å². The third-order valence-electron chi connectivity index (χ3n) is 7.61. The number of sulfonamides is 1. The highest BCUT2D eigenvalue weighted by Gasteiger charge is 2.34. The molecule has 7 nitrogen and oxygen atoms in total. The van der Waals surface area contributed by atoms with Crippen molar-refractivity contribution in [3.05, 3.63) is 99.5 Å². The highest BCUT2D eigenvalue weighted by Crippen LogP contribution is 2.28. The third-order valence-corrected chi connectivity index (χ3v) is 9.25. The molecule has 2 amide bonds. The second-order valence-corrected chi connectivity index (χ2v) is 13.7. The van der Waals surface area contributed by atoms with Crippen molar-refractivity contribution in [2.45, 2.75) is 64.6 Å². The van der Waals surface area contributed by atoms with Gasteiger partial charge >= 0.3 is 0 Å². The van der Waals surface area contributed by atoms with Crippen LogP contribution in [0.3, 0.4) is 0 Å². The molecule has 1 fully saturated rings. The Labute approximate surface area is 252 Å². The minimum absolute atomic E-state index is 0.0764. The van der Waals surface area contributed by atoms with Crippen LogP contribution in [0.5, 0.6) is 0 Å². The van der Waals surface area contributed by atoms with E-state index >= 15 is 0 Å². The molecule has 0 bridgehead atoms. The number of nitrogens with zero attached hydrogens (tertiary/aromatic N) is 2. The Morgan fingerprint density at radius 1 is 0.902 bits per heavy atom. The molecule has 0 aliphatic heterocycles. The minimum atomic E-state index is -3.81. The van der Waals surface area contributed by atoms with Gasteiger partial charge in [0.1, 0.15) is 12.6 Å². The van der Waals surface area contributed by atoms with Crippen molar-refractivity contribution in [3.63, 3.8) is 0 Å². The molecule has 9 heteroatoms. The molecule has 0 aromatic heterocycles. The summed E-state index contributed by atoms with van der Waals surface area (Å²) >= 11 is 3.46. The number of aryl methyl sites for hydroxylation is 2. The molecule has 0 radical (unpaired) electrons. The lowest BCUT2D eigenvalue weighted by Gasteiger charge is -2.34. The molecule has 0 heterocycles. The van der Waals surface area contributed by atoms with Crippen molar-refractivity contribution in [2.75, 3.05) is 17.1 Å². The van der Waals surface area contributed by atoms with E-state index in [1.165, 1.54) is 4.31 Å². The number of anilines is 1. The lowest BCUT2D eigenvalue weighted by molar-refractivity contribution is -0.140. The molecule has 1 aliphatic carbocycles. The van der Waals surface area contributed by atoms with Gasteiger partial charge in [0.25, 0.3) is 0 Å². The summed E-state index contributed by atoms with van der Waals surface area (Å²) in [4.78, 5) is 29.7. The third kappa shape index (κ3) is 8.20. The average molecular weight is 641 g/mol. The minimum Gasteiger partial charge on any atom is -0.352 e. The van der Waals surface area contributed by atoms with Crippen LogP contribution in [0, 0.1) is 13.8 Å². The zero-order valence-corrected chi connectivity index (χ0v) is 26.2. The van der Waals surface area contributed by atoms with Crippen LogP contribution in [-0.4, -0.2) is 50.0 Å². The van der Waals surface area contributed by atoms with Crippen molar-refractivity contribution < 1.29 is 18.0 Å². The molecule has 1 N–H and O–H groups in total. The predicted octanol–water partition coefficient (Wildman–Crippen LogP) is 5.53. The van der Waals surface area contributed by atoms with E-state index in [0.29, 0.717) is 12.1 Å². The Morgan fingerprint density at radius 2 is 1.51 bits per heavy atom. The Hall–Kier alpha value is -3.17. The largest absolute Gasteiger partial charge is 0.352 e. The maximum atomic E-state index is 14.3. The highest BCUT2D eigenvalue weighted by atomic mass is 79.9. The first kappa shape index (κ1) is 30.8. The fraction of sp³-hybridized carbons (Fsp3) is 0.375. The first-order chi connectivity index (χ1) is 19.5. The molecule has 0 saturated heterocycles. The zero-order valence-electron chi connectivity index (χ0n) is 23.8. The van der Waals surface area contributed by atoms with Gasteiger partial charge in [-0.1, -0.05) is 89.4 Å². The van der Waals surface area contributed by atoms with Crippen LogP contribution in [-0.2, 0) is 32.6 Å². The highest BCUT2D eigenvalue weighted by molar-refractivity contribution is 9.10. The maximum absolute atomic E-state index is 14.3. The quantitative estimate of drug-likeness (QED) is 0.299. The van der Waals surface area contributed by atoms with Crippen LogP contribution in [0.1, 0.15) is 47.9 Å². The molecule has 4 rings (SSSR count). The lowest BCUT2D eigenvalue weighted by atomic mass is 10.0. The molecule has 41 heavy (non-hydrogen) atoms. The molecule has 218 valence electrons. The van der Waals surface area contributed by atoms with Crippen molar-refractivity contribution in [1.82, 2.24) is 10.2 Å². The predicted molar refractivity (Wildman–Crippen MR) is 167 cm³/mol. The van der Waals surface area contributed by atoms with E-state index < -0.39 is 28.5 Å². The van der Waals surface area contributed by atoms with Crippen LogP contribution >= 0.6 is 15.9 Å². The molecule has 0 spiro atoms. The first-order valence-corrected chi connectivity index (χ1v) is 16.6. The van der Waals surface area contributed by atoms with E-state index in [0.717, 1.165) is 58.7 Å². The van der Waals surface area contributed by atoms with Gasteiger partial charge < -0.3 is 10.2 Å². The van der Waals surface area contributed by atoms with Crippen LogP contribution in [0.25, 0.3) is 0 Å². The van der Waals surface area contributed by atoms with Crippen LogP contribution in [0.4, 0.5) is 5.69 Å². The number of halogens is 1. The number of carbonyl (C=O) groups excluding carboxylic acids is 2. The summed E-state index contributed by atoms with van der Waals surface area (Å²) in [5, 5.41) is 3.19. The van der Waals surface area contributed by atoms with Gasteiger partial charge in [0.15, 0.2) is 0 Å². The molecule has 3 aromatic rings. The van der Waals surface area contributed by atoms with Gasteiger partial charge in [0.05, 0.1) is 11.9 Å². The van der Waals surface area contributed by atoms with Gasteiger partial charge in [-0.05, 0) is 61.1 Å². The summed E-state index contributed by atoms with van der Waals surface area (Å²) in [5.74, 6) is -0.660. The van der Waals surface area contributed by atoms with E-state index in [2.05, 4.69) is 21.2 Å². The van der Waals surface area contributed by atoms with E-state index in [1.807, 2.05) is 86.6 Å². The number of amides is 2. The fourth-order valence-corrected chi connectivity index (χ4v) is 6.71. The number of carbonyl (C=O) groups is 2. The second kappa shape index (κ2) is 13.7. The van der Waals surface area contributed by atoms with Crippen LogP contribution < -0.4 is 9.62 Å². The van der Waals surface area contributed by atoms with Crippen molar-refractivity contribution in [2.24, 2.45) is 0 Å². The summed E-state index contributed by atoms with van der Waals surface area (Å²) in [7, 11) is -3.81. The van der Waals surface area contributed by atoms with Gasteiger partial charge in [-0.25, -0.2) is 8.42 Å². The van der Waals surface area contributed by atoms with Crippen molar-refractivity contribution in [1.29, 1.82) is 0 Å². The summed E-state index contributed by atoms with van der Waals surface area (Å²) in [6.07, 6.45) is 5.38. The maximum Gasteiger partial charge on any atom is 0.244 e. The Kier molecular flexibility index (Phi) is 10.3. The smallest absolute Gasteiger partial charge is 0.244 e. The monoisotopic (exact) mass is 639 g/mol. The summed E-state index contributed by atoms with van der Waals surface area (Å²) in [5.41, 5.74) is 3.75. The number of rotatable bonds is 11. The Balaban J connectivity index is 1.74. The molecule has 1 saturated carbocycles. The van der Waals surface area contributed by atoms with Gasteiger partial charge in [0.2, 0.25) is 21.8 Å². The zero-order chi connectivity index (χ0) is 29.6. The van der Waals surface area contributed by atoms with E-state index in [9.17, 15) is 18.0 Å². The summed E-state index contributed by atoms with van der Waals surface area (Å²) in [6, 6.07) is 22.0. The van der Waals surface area contributed by atoms with E-state index in [-0.39, 0.29) is 18.5 Å². The SMILES string of the molecule is Cc1cccc(C)c1N(CC(=O)N(Cc1ccc(Br)cc1)[C@H](Cc1ccccc1)C(=O)NC1CCCC1)S(C)(=O)=O. The molecule has 1 atom stereocenters. The lowest BCUT2D eigenvalue weighted by Crippen LogP contribution is -2.54. The number of hydrogen-bond donors (Lipinski definition) is 1. The van der Waals surface area contributed by atoms with Crippen molar-refractivity contribution >= 4 is 43.5 Å². The fourth-order valence-electron chi connectivity index (χ4n) is 5.48. The number of nitrogens with one attached hydrogen (secondary N) is 1. The van der Waals surface area contributed by atoms with E-state index in [4.69, 9.17) is 0 Å². The topological polar surface area (TPSA) is 86.8 Å². The van der Waals surface area contributed by atoms with Gasteiger partial charge in [-0.3, -0.25) is 13.9 Å². The average Bonchev–Trinajstić information content (AvgIpc) is 3.44. The van der Waals surface area contributed by atoms with Gasteiger partial charge in [-0.15, -0.1) is 0 Å². The number of para-hydroxylation sites is 1. The van der Waals surface area contributed by atoms with Crippen LogP contribution in [0.15, 0.2) is 77.3 Å².